The highest BCUT2D eigenvalue weighted by molar-refractivity contribution is 7.91. The summed E-state index contributed by atoms with van der Waals surface area (Å²) in [6, 6.07) is 0. The highest BCUT2D eigenvalue weighted by Crippen LogP contribution is 2.06. The van der Waals surface area contributed by atoms with Gasteiger partial charge in [0.05, 0.1) is 11.9 Å². The Hall–Kier alpha value is -0.840. The Morgan fingerprint density at radius 1 is 1.64 bits per heavy atom. The Balaban J connectivity index is 3.13. The summed E-state index contributed by atoms with van der Waals surface area (Å²) in [6.45, 7) is 3.32. The number of nitrogens with one attached hydrogen (secondary N) is 1. The first-order valence-corrected chi connectivity index (χ1v) is 4.96. The maximum Gasteiger partial charge on any atom is 0.194 e. The maximum absolute atomic E-state index is 11.1. The molecule has 0 saturated heterocycles. The van der Waals surface area contributed by atoms with Crippen molar-refractivity contribution in [1.29, 1.82) is 0 Å². The van der Waals surface area contributed by atoms with Crippen LogP contribution in [0.15, 0.2) is 11.2 Å². The molecule has 0 bridgehead atoms. The molecule has 62 valence electrons. The lowest BCUT2D eigenvalue weighted by Gasteiger charge is -1.93. The van der Waals surface area contributed by atoms with Crippen molar-refractivity contribution in [2.24, 2.45) is 0 Å². The van der Waals surface area contributed by atoms with Crippen molar-refractivity contribution in [3.63, 3.8) is 0 Å². The maximum atomic E-state index is 11.1. The zero-order valence-electron chi connectivity index (χ0n) is 6.46. The van der Waals surface area contributed by atoms with Crippen LogP contribution in [-0.2, 0) is 9.84 Å². The Morgan fingerprint density at radius 2 is 2.27 bits per heavy atom. The Labute approximate surface area is 65.6 Å². The zero-order chi connectivity index (χ0) is 8.48. The molecule has 0 aliphatic carbocycles. The minimum atomic E-state index is -3.10. The summed E-state index contributed by atoms with van der Waals surface area (Å²) in [5.41, 5.74) is 0. The van der Waals surface area contributed by atoms with Crippen molar-refractivity contribution in [2.75, 3.05) is 5.75 Å². The second kappa shape index (κ2) is 2.65. The van der Waals surface area contributed by atoms with Crippen LogP contribution >= 0.6 is 0 Å². The fourth-order valence-electron chi connectivity index (χ4n) is 0.712. The van der Waals surface area contributed by atoms with E-state index in [9.17, 15) is 8.42 Å². The van der Waals surface area contributed by atoms with Crippen LogP contribution in [0.2, 0.25) is 0 Å². The van der Waals surface area contributed by atoms with E-state index >= 15 is 0 Å². The highest BCUT2D eigenvalue weighted by Gasteiger charge is 2.12. The lowest BCUT2D eigenvalue weighted by Crippen LogP contribution is -2.03. The third kappa shape index (κ3) is 1.59. The zero-order valence-corrected chi connectivity index (χ0v) is 7.27. The van der Waals surface area contributed by atoms with E-state index in [4.69, 9.17) is 0 Å². The predicted molar refractivity (Wildman–Crippen MR) is 41.1 cm³/mol. The van der Waals surface area contributed by atoms with Crippen LogP contribution in [0.25, 0.3) is 0 Å². The number of aromatic amines is 1. The fourth-order valence-corrected chi connectivity index (χ4v) is 1.54. The molecule has 0 radical (unpaired) electrons. The van der Waals surface area contributed by atoms with Gasteiger partial charge in [-0.05, 0) is 6.92 Å². The van der Waals surface area contributed by atoms with Crippen LogP contribution in [0.5, 0.6) is 0 Å². The molecule has 0 saturated carbocycles. The number of sulfone groups is 1. The molecule has 1 aromatic rings. The van der Waals surface area contributed by atoms with Crippen molar-refractivity contribution < 1.29 is 8.42 Å². The van der Waals surface area contributed by atoms with Crippen molar-refractivity contribution >= 4 is 9.84 Å². The van der Waals surface area contributed by atoms with Crippen LogP contribution < -0.4 is 0 Å². The van der Waals surface area contributed by atoms with Gasteiger partial charge in [-0.1, -0.05) is 6.92 Å². The summed E-state index contributed by atoms with van der Waals surface area (Å²) in [7, 11) is -3.10. The first-order valence-electron chi connectivity index (χ1n) is 3.30. The summed E-state index contributed by atoms with van der Waals surface area (Å²) in [4.78, 5) is 6.46. The minimum absolute atomic E-state index is 0.106. The van der Waals surface area contributed by atoms with Crippen LogP contribution in [0.4, 0.5) is 0 Å². The summed E-state index contributed by atoms with van der Waals surface area (Å²) >= 11 is 0. The number of H-pyrrole nitrogens is 1. The number of hydrogen-bond acceptors (Lipinski definition) is 3. The van der Waals surface area contributed by atoms with Gasteiger partial charge in [0, 0.05) is 0 Å². The monoisotopic (exact) mass is 174 g/mol. The van der Waals surface area contributed by atoms with Gasteiger partial charge < -0.3 is 4.98 Å². The largest absolute Gasteiger partial charge is 0.333 e. The number of hydrogen-bond donors (Lipinski definition) is 1. The van der Waals surface area contributed by atoms with Gasteiger partial charge in [0.2, 0.25) is 0 Å². The second-order valence-electron chi connectivity index (χ2n) is 2.24. The molecule has 0 aliphatic heterocycles. The molecule has 0 unspecified atom stereocenters. The van der Waals surface area contributed by atoms with Gasteiger partial charge in [-0.15, -0.1) is 0 Å². The van der Waals surface area contributed by atoms with Crippen LogP contribution in [-0.4, -0.2) is 24.1 Å². The quantitative estimate of drug-likeness (QED) is 0.710. The lowest BCUT2D eigenvalue weighted by molar-refractivity contribution is 0.594. The standard InChI is InChI=1S/C6H10N2O2S/c1-3-11(9,10)6-4-7-5(2)8-6/h4H,3H2,1-2H3,(H,7,8). The number of rotatable bonds is 2. The number of imidazole rings is 1. The van der Waals surface area contributed by atoms with E-state index in [-0.39, 0.29) is 10.8 Å². The molecule has 0 aliphatic rings. The number of aromatic nitrogens is 2. The van der Waals surface area contributed by atoms with E-state index in [1.165, 1.54) is 6.20 Å². The lowest BCUT2D eigenvalue weighted by atomic mass is 10.8. The van der Waals surface area contributed by atoms with E-state index in [2.05, 4.69) is 9.97 Å². The fraction of sp³-hybridized carbons (Fsp3) is 0.500. The van der Waals surface area contributed by atoms with E-state index in [1.807, 2.05) is 0 Å². The predicted octanol–water partition coefficient (Wildman–Crippen LogP) is 0.512. The SMILES string of the molecule is CCS(=O)(=O)c1cnc(C)[nH]1. The molecular weight excluding hydrogens is 164 g/mol. The summed E-state index contributed by atoms with van der Waals surface area (Å²) in [6.07, 6.45) is 1.34. The Bertz CT molecular complexity index is 339. The van der Waals surface area contributed by atoms with Crippen molar-refractivity contribution in [1.82, 2.24) is 9.97 Å². The van der Waals surface area contributed by atoms with E-state index in [1.54, 1.807) is 13.8 Å². The first kappa shape index (κ1) is 8.26. The third-order valence-electron chi connectivity index (χ3n) is 1.39. The topological polar surface area (TPSA) is 62.8 Å². The number of nitrogens with zero attached hydrogens (tertiary/aromatic N) is 1. The van der Waals surface area contributed by atoms with Gasteiger partial charge in [-0.3, -0.25) is 0 Å². The van der Waals surface area contributed by atoms with E-state index in [0.29, 0.717) is 5.82 Å². The third-order valence-corrected chi connectivity index (χ3v) is 3.03. The number of aryl methyl sites for hydroxylation is 1. The minimum Gasteiger partial charge on any atom is -0.333 e. The average molecular weight is 174 g/mol. The molecule has 5 heteroatoms. The van der Waals surface area contributed by atoms with Gasteiger partial charge in [-0.2, -0.15) is 0 Å². The van der Waals surface area contributed by atoms with Gasteiger partial charge in [0.15, 0.2) is 14.9 Å². The van der Waals surface area contributed by atoms with Gasteiger partial charge in [0.25, 0.3) is 0 Å². The molecule has 1 N–H and O–H groups in total. The molecular formula is C6H10N2O2S. The smallest absolute Gasteiger partial charge is 0.194 e. The van der Waals surface area contributed by atoms with Gasteiger partial charge in [-0.25, -0.2) is 13.4 Å². The van der Waals surface area contributed by atoms with Crippen LogP contribution in [0.1, 0.15) is 12.7 Å². The van der Waals surface area contributed by atoms with Crippen molar-refractivity contribution in [2.45, 2.75) is 18.9 Å². The molecule has 0 atom stereocenters. The van der Waals surface area contributed by atoms with Gasteiger partial charge >= 0.3 is 0 Å². The summed E-state index contributed by atoms with van der Waals surface area (Å²) in [5.74, 6) is 0.728. The van der Waals surface area contributed by atoms with E-state index < -0.39 is 9.84 Å². The summed E-state index contributed by atoms with van der Waals surface area (Å²) < 4.78 is 22.3. The average Bonchev–Trinajstić information content (AvgIpc) is 2.36. The molecule has 0 amide bonds. The first-order chi connectivity index (χ1) is 5.06. The van der Waals surface area contributed by atoms with Crippen molar-refractivity contribution in [3.05, 3.63) is 12.0 Å². The second-order valence-corrected chi connectivity index (χ2v) is 4.48. The highest BCUT2D eigenvalue weighted by atomic mass is 32.2. The molecule has 1 aromatic heterocycles. The normalized spacial score (nSPS) is 11.8. The van der Waals surface area contributed by atoms with Crippen LogP contribution in [0, 0.1) is 6.92 Å². The van der Waals surface area contributed by atoms with E-state index in [0.717, 1.165) is 0 Å². The molecule has 0 fully saturated rings. The Kier molecular flexibility index (Phi) is 1.99. The molecule has 4 nitrogen and oxygen atoms in total. The summed E-state index contributed by atoms with van der Waals surface area (Å²) in [5, 5.41) is 0.206. The molecule has 11 heavy (non-hydrogen) atoms. The molecule has 1 heterocycles. The molecule has 0 spiro atoms. The van der Waals surface area contributed by atoms with Crippen LogP contribution in [0.3, 0.4) is 0 Å². The molecule has 1 rings (SSSR count). The Morgan fingerprint density at radius 3 is 2.64 bits per heavy atom. The molecule has 0 aromatic carbocycles. The van der Waals surface area contributed by atoms with Crippen molar-refractivity contribution in [3.8, 4) is 0 Å². The van der Waals surface area contributed by atoms with Gasteiger partial charge in [0.1, 0.15) is 5.82 Å².